The second-order valence-electron chi connectivity index (χ2n) is 4.19. The van der Waals surface area contributed by atoms with Gasteiger partial charge in [0.25, 0.3) is 0 Å². The van der Waals surface area contributed by atoms with E-state index in [2.05, 4.69) is 10.2 Å². The van der Waals surface area contributed by atoms with Crippen molar-refractivity contribution in [1.29, 1.82) is 0 Å². The van der Waals surface area contributed by atoms with Crippen LogP contribution >= 0.6 is 0 Å². The molecule has 3 fully saturated rings. The predicted octanol–water partition coefficient (Wildman–Crippen LogP) is 0.585. The van der Waals surface area contributed by atoms with Gasteiger partial charge in [0, 0.05) is 24.7 Å². The second-order valence-corrected chi connectivity index (χ2v) is 4.19. The van der Waals surface area contributed by atoms with Gasteiger partial charge >= 0.3 is 0 Å². The van der Waals surface area contributed by atoms with E-state index in [1.165, 1.54) is 38.8 Å². The Morgan fingerprint density at radius 2 is 2.18 bits per heavy atom. The summed E-state index contributed by atoms with van der Waals surface area (Å²) in [5.74, 6) is 0. The fourth-order valence-electron chi connectivity index (χ4n) is 3.01. The van der Waals surface area contributed by atoms with E-state index in [0.717, 1.165) is 18.1 Å². The summed E-state index contributed by atoms with van der Waals surface area (Å²) in [6.45, 7) is 2.65. The molecule has 3 heterocycles. The summed E-state index contributed by atoms with van der Waals surface area (Å²) in [7, 11) is 0. The van der Waals surface area contributed by atoms with E-state index < -0.39 is 0 Å². The lowest BCUT2D eigenvalue weighted by molar-refractivity contribution is 0.0375. The summed E-state index contributed by atoms with van der Waals surface area (Å²) >= 11 is 0. The van der Waals surface area contributed by atoms with E-state index in [1.54, 1.807) is 0 Å². The van der Waals surface area contributed by atoms with Crippen LogP contribution in [0.5, 0.6) is 0 Å². The first-order chi connectivity index (χ1) is 5.45. The van der Waals surface area contributed by atoms with Crippen molar-refractivity contribution in [2.24, 2.45) is 0 Å². The summed E-state index contributed by atoms with van der Waals surface area (Å²) in [6, 6.07) is 2.76. The SMILES string of the molecule is C1CC2CCC3NCC3N2C1. The lowest BCUT2D eigenvalue weighted by Gasteiger charge is -2.50. The van der Waals surface area contributed by atoms with Gasteiger partial charge in [-0.2, -0.15) is 0 Å². The standard InChI is InChI=1S/C9H16N2/c1-2-7-3-4-8-9(6-10-8)11(7)5-1/h7-10H,1-6H2. The molecule has 0 aromatic heterocycles. The van der Waals surface area contributed by atoms with Crippen molar-refractivity contribution in [3.63, 3.8) is 0 Å². The lowest BCUT2D eigenvalue weighted by Crippen LogP contribution is -2.68. The molecule has 0 radical (unpaired) electrons. The number of rotatable bonds is 0. The second kappa shape index (κ2) is 2.20. The first kappa shape index (κ1) is 6.44. The quantitative estimate of drug-likeness (QED) is 0.546. The summed E-state index contributed by atoms with van der Waals surface area (Å²) in [4.78, 5) is 2.75. The molecule has 0 saturated carbocycles. The van der Waals surface area contributed by atoms with Crippen LogP contribution in [0.25, 0.3) is 0 Å². The molecule has 0 bridgehead atoms. The molecule has 0 aromatic rings. The van der Waals surface area contributed by atoms with E-state index >= 15 is 0 Å². The Labute approximate surface area is 68.0 Å². The fourth-order valence-corrected chi connectivity index (χ4v) is 3.01. The number of hydrogen-bond donors (Lipinski definition) is 1. The largest absolute Gasteiger partial charge is 0.311 e. The molecule has 0 spiro atoms. The monoisotopic (exact) mass is 152 g/mol. The minimum Gasteiger partial charge on any atom is -0.311 e. The minimum atomic E-state index is 0.865. The van der Waals surface area contributed by atoms with E-state index in [1.807, 2.05) is 0 Å². The van der Waals surface area contributed by atoms with Crippen molar-refractivity contribution >= 4 is 0 Å². The van der Waals surface area contributed by atoms with Crippen molar-refractivity contribution in [1.82, 2.24) is 10.2 Å². The number of piperidine rings is 1. The minimum absolute atomic E-state index is 0.865. The average molecular weight is 152 g/mol. The number of nitrogens with one attached hydrogen (secondary N) is 1. The van der Waals surface area contributed by atoms with Crippen LogP contribution < -0.4 is 5.32 Å². The van der Waals surface area contributed by atoms with Crippen molar-refractivity contribution < 1.29 is 0 Å². The molecule has 3 aliphatic rings. The summed E-state index contributed by atoms with van der Waals surface area (Å²) in [6.07, 6.45) is 5.82. The molecule has 3 atom stereocenters. The molecular weight excluding hydrogens is 136 g/mol. The van der Waals surface area contributed by atoms with Crippen molar-refractivity contribution in [2.75, 3.05) is 13.1 Å². The fraction of sp³-hybridized carbons (Fsp3) is 1.00. The van der Waals surface area contributed by atoms with E-state index in [0.29, 0.717) is 0 Å². The third-order valence-electron chi connectivity index (χ3n) is 3.71. The zero-order chi connectivity index (χ0) is 7.26. The third-order valence-corrected chi connectivity index (χ3v) is 3.71. The van der Waals surface area contributed by atoms with Crippen molar-refractivity contribution in [3.05, 3.63) is 0 Å². The zero-order valence-electron chi connectivity index (χ0n) is 6.92. The predicted molar refractivity (Wildman–Crippen MR) is 44.5 cm³/mol. The van der Waals surface area contributed by atoms with Crippen LogP contribution in [0.15, 0.2) is 0 Å². The van der Waals surface area contributed by atoms with E-state index in [4.69, 9.17) is 0 Å². The molecule has 2 nitrogen and oxygen atoms in total. The normalized spacial score (nSPS) is 49.6. The van der Waals surface area contributed by atoms with Gasteiger partial charge < -0.3 is 5.32 Å². The highest BCUT2D eigenvalue weighted by atomic mass is 15.3. The molecule has 62 valence electrons. The summed E-state index contributed by atoms with van der Waals surface area (Å²) in [5.41, 5.74) is 0. The molecule has 1 N–H and O–H groups in total. The molecule has 3 rings (SSSR count). The number of fused-ring (bicyclic) bond motifs is 3. The highest BCUT2D eigenvalue weighted by Crippen LogP contribution is 2.33. The van der Waals surface area contributed by atoms with Crippen LogP contribution in [0.3, 0.4) is 0 Å². The lowest BCUT2D eigenvalue weighted by atomic mass is 9.86. The topological polar surface area (TPSA) is 15.3 Å². The molecule has 11 heavy (non-hydrogen) atoms. The molecule has 3 saturated heterocycles. The van der Waals surface area contributed by atoms with Gasteiger partial charge in [-0.1, -0.05) is 0 Å². The van der Waals surface area contributed by atoms with Crippen molar-refractivity contribution in [3.8, 4) is 0 Å². The molecule has 2 heteroatoms. The molecule has 0 amide bonds. The maximum Gasteiger partial charge on any atom is 0.0377 e. The number of hydrogen-bond acceptors (Lipinski definition) is 2. The Morgan fingerprint density at radius 1 is 1.18 bits per heavy atom. The smallest absolute Gasteiger partial charge is 0.0377 e. The maximum absolute atomic E-state index is 3.52. The molecule has 0 aromatic carbocycles. The van der Waals surface area contributed by atoms with Crippen LogP contribution in [-0.2, 0) is 0 Å². The molecular formula is C9H16N2. The van der Waals surface area contributed by atoms with Crippen molar-refractivity contribution in [2.45, 2.75) is 43.8 Å². The Bertz CT molecular complexity index is 169. The third kappa shape index (κ3) is 0.798. The highest BCUT2D eigenvalue weighted by molar-refractivity contribution is 5.03. The zero-order valence-corrected chi connectivity index (χ0v) is 6.92. The van der Waals surface area contributed by atoms with E-state index in [9.17, 15) is 0 Å². The van der Waals surface area contributed by atoms with Crippen LogP contribution in [-0.4, -0.2) is 36.1 Å². The first-order valence-electron chi connectivity index (χ1n) is 4.94. The van der Waals surface area contributed by atoms with Gasteiger partial charge in [0.15, 0.2) is 0 Å². The van der Waals surface area contributed by atoms with E-state index in [-0.39, 0.29) is 0 Å². The summed E-state index contributed by atoms with van der Waals surface area (Å²) < 4.78 is 0. The van der Waals surface area contributed by atoms with Gasteiger partial charge in [-0.3, -0.25) is 4.90 Å². The average Bonchev–Trinajstić information content (AvgIpc) is 2.34. The van der Waals surface area contributed by atoms with Gasteiger partial charge in [-0.25, -0.2) is 0 Å². The van der Waals surface area contributed by atoms with Gasteiger partial charge in [0.2, 0.25) is 0 Å². The van der Waals surface area contributed by atoms with Crippen LogP contribution in [0.1, 0.15) is 25.7 Å². The Hall–Kier alpha value is -0.0800. The van der Waals surface area contributed by atoms with Gasteiger partial charge in [0.05, 0.1) is 0 Å². The summed E-state index contributed by atoms with van der Waals surface area (Å²) in [5, 5.41) is 3.52. The Morgan fingerprint density at radius 3 is 3.00 bits per heavy atom. The Kier molecular flexibility index (Phi) is 1.29. The van der Waals surface area contributed by atoms with Gasteiger partial charge in [-0.15, -0.1) is 0 Å². The maximum atomic E-state index is 3.52. The van der Waals surface area contributed by atoms with Gasteiger partial charge in [0.1, 0.15) is 0 Å². The number of nitrogens with zero attached hydrogens (tertiary/aromatic N) is 1. The van der Waals surface area contributed by atoms with Crippen LogP contribution in [0.2, 0.25) is 0 Å². The van der Waals surface area contributed by atoms with Crippen LogP contribution in [0.4, 0.5) is 0 Å². The molecule has 3 aliphatic heterocycles. The van der Waals surface area contributed by atoms with Gasteiger partial charge in [-0.05, 0) is 32.2 Å². The molecule has 3 unspecified atom stereocenters. The first-order valence-corrected chi connectivity index (χ1v) is 4.94. The van der Waals surface area contributed by atoms with Crippen LogP contribution in [0, 0.1) is 0 Å². The Balaban J connectivity index is 1.79. The highest BCUT2D eigenvalue weighted by Gasteiger charge is 2.43. The molecule has 0 aliphatic carbocycles.